The topological polar surface area (TPSA) is 38.9 Å². The van der Waals surface area contributed by atoms with Gasteiger partial charge in [-0.1, -0.05) is 0 Å². The van der Waals surface area contributed by atoms with Crippen molar-refractivity contribution in [1.82, 2.24) is 4.98 Å². The van der Waals surface area contributed by atoms with Gasteiger partial charge in [-0.3, -0.25) is 4.98 Å². The molecule has 2 heteroatoms. The van der Waals surface area contributed by atoms with Crippen molar-refractivity contribution in [2.45, 2.75) is 50.4 Å². The monoisotopic (exact) mass is 230 g/mol. The van der Waals surface area contributed by atoms with Gasteiger partial charge < -0.3 is 5.73 Å². The molecule has 2 N–H and O–H groups in total. The van der Waals surface area contributed by atoms with Crippen molar-refractivity contribution in [3.8, 4) is 0 Å². The fourth-order valence-corrected chi connectivity index (χ4v) is 4.08. The van der Waals surface area contributed by atoms with Gasteiger partial charge in [0, 0.05) is 12.4 Å². The van der Waals surface area contributed by atoms with Crippen LogP contribution in [0.25, 0.3) is 0 Å². The van der Waals surface area contributed by atoms with Gasteiger partial charge >= 0.3 is 0 Å². The fraction of sp³-hybridized carbons (Fsp3) is 0.667. The zero-order valence-corrected chi connectivity index (χ0v) is 10.5. The Morgan fingerprint density at radius 2 is 1.59 bits per heavy atom. The molecule has 0 unspecified atom stereocenters. The Kier molecular flexibility index (Phi) is 2.70. The second kappa shape index (κ2) is 4.09. The molecule has 0 spiro atoms. The summed E-state index contributed by atoms with van der Waals surface area (Å²) < 4.78 is 0. The van der Waals surface area contributed by atoms with E-state index in [1.807, 2.05) is 12.4 Å². The third kappa shape index (κ3) is 1.79. The Balaban J connectivity index is 1.82. The van der Waals surface area contributed by atoms with E-state index in [0.29, 0.717) is 10.8 Å². The average Bonchev–Trinajstić information content (AvgIpc) is 2.42. The van der Waals surface area contributed by atoms with Gasteiger partial charge in [-0.2, -0.15) is 0 Å². The number of rotatable bonds is 3. The normalized spacial score (nSPS) is 36.1. The van der Waals surface area contributed by atoms with Gasteiger partial charge in [0.15, 0.2) is 0 Å². The van der Waals surface area contributed by atoms with Crippen LogP contribution in [0.4, 0.5) is 0 Å². The second-order valence-electron chi connectivity index (χ2n) is 6.05. The van der Waals surface area contributed by atoms with E-state index in [1.165, 1.54) is 50.5 Å². The highest BCUT2D eigenvalue weighted by Gasteiger charge is 2.48. The smallest absolute Gasteiger partial charge is 0.0270 e. The van der Waals surface area contributed by atoms with E-state index in [0.717, 1.165) is 6.54 Å². The highest BCUT2D eigenvalue weighted by atomic mass is 14.6. The molecule has 0 amide bonds. The number of nitrogens with zero attached hydrogens (tertiary/aromatic N) is 1. The molecule has 2 nitrogen and oxygen atoms in total. The Bertz CT molecular complexity index is 361. The Labute approximate surface area is 104 Å². The number of hydrogen-bond donors (Lipinski definition) is 1. The zero-order chi connectivity index (χ0) is 11.8. The van der Waals surface area contributed by atoms with Crippen LogP contribution in [0.1, 0.15) is 50.5 Å². The van der Waals surface area contributed by atoms with Gasteiger partial charge in [0.1, 0.15) is 0 Å². The van der Waals surface area contributed by atoms with E-state index >= 15 is 0 Å². The molecule has 3 aliphatic carbocycles. The molecule has 0 aliphatic heterocycles. The molecule has 4 rings (SSSR count). The molecule has 1 aromatic rings. The minimum atomic E-state index is 0.472. The number of aromatic nitrogens is 1. The first-order chi connectivity index (χ1) is 8.29. The highest BCUT2D eigenvalue weighted by molar-refractivity contribution is 5.26. The number of fused-ring (bicyclic) bond motifs is 3. The molecule has 92 valence electrons. The first-order valence-corrected chi connectivity index (χ1v) is 6.89. The second-order valence-corrected chi connectivity index (χ2v) is 6.05. The van der Waals surface area contributed by atoms with E-state index in [9.17, 15) is 0 Å². The summed E-state index contributed by atoms with van der Waals surface area (Å²) >= 11 is 0. The lowest BCUT2D eigenvalue weighted by Crippen LogP contribution is -2.44. The predicted octanol–water partition coefficient (Wildman–Crippen LogP) is 3.02. The van der Waals surface area contributed by atoms with Crippen LogP contribution in [0, 0.1) is 5.41 Å². The Hall–Kier alpha value is -0.890. The lowest BCUT2D eigenvalue weighted by molar-refractivity contribution is 0.0346. The van der Waals surface area contributed by atoms with Crippen LogP contribution >= 0.6 is 0 Å². The molecule has 0 aromatic carbocycles. The molecular formula is C15H22N2. The van der Waals surface area contributed by atoms with Crippen LogP contribution in [0.2, 0.25) is 0 Å². The molecule has 3 aliphatic rings. The molecule has 3 saturated carbocycles. The molecule has 1 aromatic heterocycles. The van der Waals surface area contributed by atoms with Crippen LogP contribution in [-0.4, -0.2) is 11.5 Å². The first kappa shape index (κ1) is 11.2. The van der Waals surface area contributed by atoms with Gasteiger partial charge in [-0.15, -0.1) is 0 Å². The van der Waals surface area contributed by atoms with Gasteiger partial charge in [0.2, 0.25) is 0 Å². The van der Waals surface area contributed by atoms with Gasteiger partial charge in [0.25, 0.3) is 0 Å². The third-order valence-corrected chi connectivity index (χ3v) is 5.37. The van der Waals surface area contributed by atoms with Crippen LogP contribution in [0.5, 0.6) is 0 Å². The van der Waals surface area contributed by atoms with Crippen molar-refractivity contribution in [3.05, 3.63) is 30.1 Å². The summed E-state index contributed by atoms with van der Waals surface area (Å²) in [5.74, 6) is 0. The first-order valence-electron chi connectivity index (χ1n) is 6.89. The molecule has 1 heterocycles. The van der Waals surface area contributed by atoms with Crippen LogP contribution < -0.4 is 5.73 Å². The summed E-state index contributed by atoms with van der Waals surface area (Å²) in [6.45, 7) is 0.863. The number of hydrogen-bond acceptors (Lipinski definition) is 2. The Morgan fingerprint density at radius 3 is 2.12 bits per heavy atom. The van der Waals surface area contributed by atoms with E-state index in [4.69, 9.17) is 5.73 Å². The summed E-state index contributed by atoms with van der Waals surface area (Å²) in [5.41, 5.74) is 8.37. The maximum atomic E-state index is 5.77. The van der Waals surface area contributed by atoms with Crippen molar-refractivity contribution in [2.24, 2.45) is 11.1 Å². The summed E-state index contributed by atoms with van der Waals surface area (Å²) in [4.78, 5) is 4.14. The van der Waals surface area contributed by atoms with Crippen LogP contribution in [0.3, 0.4) is 0 Å². The third-order valence-electron chi connectivity index (χ3n) is 5.37. The molecule has 3 fully saturated rings. The van der Waals surface area contributed by atoms with Crippen molar-refractivity contribution in [3.63, 3.8) is 0 Å². The highest BCUT2D eigenvalue weighted by Crippen LogP contribution is 2.58. The van der Waals surface area contributed by atoms with Gasteiger partial charge in [-0.05, 0) is 80.0 Å². The van der Waals surface area contributed by atoms with Crippen molar-refractivity contribution >= 4 is 0 Å². The summed E-state index contributed by atoms with van der Waals surface area (Å²) in [5, 5.41) is 0. The van der Waals surface area contributed by atoms with E-state index in [1.54, 1.807) is 0 Å². The maximum Gasteiger partial charge on any atom is 0.0270 e. The molecular weight excluding hydrogens is 208 g/mol. The minimum Gasteiger partial charge on any atom is -0.330 e. The molecule has 17 heavy (non-hydrogen) atoms. The van der Waals surface area contributed by atoms with Gasteiger partial charge in [0.05, 0.1) is 0 Å². The lowest BCUT2D eigenvalue weighted by atomic mass is 9.51. The minimum absolute atomic E-state index is 0.472. The lowest BCUT2D eigenvalue weighted by Gasteiger charge is -2.54. The van der Waals surface area contributed by atoms with Gasteiger partial charge in [-0.25, -0.2) is 0 Å². The molecule has 0 radical (unpaired) electrons. The number of pyridine rings is 1. The fourth-order valence-electron chi connectivity index (χ4n) is 4.08. The quantitative estimate of drug-likeness (QED) is 0.867. The molecule has 0 atom stereocenters. The zero-order valence-electron chi connectivity index (χ0n) is 10.5. The average molecular weight is 230 g/mol. The molecule has 0 saturated heterocycles. The largest absolute Gasteiger partial charge is 0.330 e. The van der Waals surface area contributed by atoms with Crippen molar-refractivity contribution < 1.29 is 0 Å². The number of nitrogens with two attached hydrogens (primary N) is 1. The standard InChI is InChI=1S/C15H22N2/c16-10-9-14-3-6-15(7-4-14,8-5-14)13-1-11-17-12-2-13/h1-2,11-12H,3-10,16H2. The SMILES string of the molecule is NCCC12CCC(c3ccncc3)(CC1)CC2. The summed E-state index contributed by atoms with van der Waals surface area (Å²) in [7, 11) is 0. The Morgan fingerprint density at radius 1 is 1.00 bits per heavy atom. The molecule has 2 bridgehead atoms. The van der Waals surface area contributed by atoms with E-state index in [2.05, 4.69) is 17.1 Å². The summed E-state index contributed by atoms with van der Waals surface area (Å²) in [6.07, 6.45) is 13.3. The predicted molar refractivity (Wildman–Crippen MR) is 69.7 cm³/mol. The van der Waals surface area contributed by atoms with Crippen molar-refractivity contribution in [2.75, 3.05) is 6.54 Å². The van der Waals surface area contributed by atoms with E-state index < -0.39 is 0 Å². The van der Waals surface area contributed by atoms with Crippen LogP contribution in [-0.2, 0) is 5.41 Å². The summed E-state index contributed by atoms with van der Waals surface area (Å²) in [6, 6.07) is 4.45. The van der Waals surface area contributed by atoms with E-state index in [-0.39, 0.29) is 0 Å². The van der Waals surface area contributed by atoms with Crippen LogP contribution in [0.15, 0.2) is 24.5 Å². The van der Waals surface area contributed by atoms with Crippen molar-refractivity contribution in [1.29, 1.82) is 0 Å². The maximum absolute atomic E-state index is 5.77.